The van der Waals surface area contributed by atoms with E-state index in [1.807, 2.05) is 0 Å². The number of nitrogens with zero attached hydrogens (tertiary/aromatic N) is 2. The molecule has 1 N–H and O–H groups in total. The van der Waals surface area contributed by atoms with Crippen LogP contribution in [0.2, 0.25) is 0 Å². The molecule has 0 radical (unpaired) electrons. The van der Waals surface area contributed by atoms with Gasteiger partial charge < -0.3 is 14.4 Å². The molecule has 0 aliphatic carbocycles. The highest BCUT2D eigenvalue weighted by Crippen LogP contribution is 1.87. The first kappa shape index (κ1) is 7.74. The fraction of sp³-hybridized carbons (Fsp3) is 0.333. The lowest BCUT2D eigenvalue weighted by Gasteiger charge is -2.00. The lowest BCUT2D eigenvalue weighted by atomic mass is 10.6. The van der Waals surface area contributed by atoms with Gasteiger partial charge in [0.25, 0.3) is 0 Å². The number of aliphatic hydroxyl groups excluding tert-OH is 1. The highest BCUT2D eigenvalue weighted by molar-refractivity contribution is 5.68. The third kappa shape index (κ3) is 2.38. The molecule has 0 atom stereocenters. The van der Waals surface area contributed by atoms with Gasteiger partial charge in [0.2, 0.25) is 0 Å². The van der Waals surface area contributed by atoms with Gasteiger partial charge in [-0.15, -0.1) is 0 Å². The number of esters is 1. The highest BCUT2D eigenvalue weighted by atomic mass is 16.6. The monoisotopic (exact) mass is 156 g/mol. The molecule has 0 bridgehead atoms. The van der Waals surface area contributed by atoms with Crippen molar-refractivity contribution in [2.45, 2.75) is 6.54 Å². The predicted octanol–water partition coefficient (Wildman–Crippen LogP) is -0.624. The van der Waals surface area contributed by atoms with Gasteiger partial charge in [-0.05, 0) is 0 Å². The van der Waals surface area contributed by atoms with Crippen LogP contribution in [-0.2, 0) is 16.1 Å². The van der Waals surface area contributed by atoms with E-state index < -0.39 is 12.8 Å². The maximum Gasteiger partial charge on any atom is 0.328 e. The van der Waals surface area contributed by atoms with E-state index in [4.69, 9.17) is 5.11 Å². The zero-order valence-corrected chi connectivity index (χ0v) is 5.80. The summed E-state index contributed by atoms with van der Waals surface area (Å²) in [6.07, 6.45) is 4.70. The Hall–Kier alpha value is -1.36. The summed E-state index contributed by atoms with van der Waals surface area (Å²) in [6.45, 7) is -0.492. The number of aliphatic hydroxyl groups is 1. The van der Waals surface area contributed by atoms with Gasteiger partial charge >= 0.3 is 5.97 Å². The quantitative estimate of drug-likeness (QED) is 0.467. The van der Waals surface area contributed by atoms with Crippen LogP contribution < -0.4 is 0 Å². The molecule has 0 unspecified atom stereocenters. The van der Waals surface area contributed by atoms with Crippen molar-refractivity contribution in [1.29, 1.82) is 0 Å². The zero-order chi connectivity index (χ0) is 8.10. The number of ether oxygens (including phenoxy) is 1. The fourth-order valence-electron chi connectivity index (χ4n) is 0.647. The molecule has 0 aromatic carbocycles. The molecule has 60 valence electrons. The molecule has 1 aromatic rings. The Morgan fingerprint density at radius 1 is 1.73 bits per heavy atom. The normalized spacial score (nSPS) is 9.55. The Morgan fingerprint density at radius 3 is 3.09 bits per heavy atom. The summed E-state index contributed by atoms with van der Waals surface area (Å²) in [4.78, 5) is 14.4. The standard InChI is InChI=1S/C6H8N2O3/c9-5-11-6(10)3-8-2-1-7-4-8/h1-2,4,9H,3,5H2. The van der Waals surface area contributed by atoms with E-state index in [0.717, 1.165) is 0 Å². The molecular weight excluding hydrogens is 148 g/mol. The van der Waals surface area contributed by atoms with Crippen molar-refractivity contribution in [2.75, 3.05) is 6.79 Å². The SMILES string of the molecule is O=C(Cn1ccnc1)OCO. The van der Waals surface area contributed by atoms with Gasteiger partial charge in [0.05, 0.1) is 6.33 Å². The van der Waals surface area contributed by atoms with E-state index in [2.05, 4.69) is 9.72 Å². The molecule has 5 heteroatoms. The van der Waals surface area contributed by atoms with Gasteiger partial charge in [-0.25, -0.2) is 4.98 Å². The number of rotatable bonds is 3. The van der Waals surface area contributed by atoms with Crippen LogP contribution in [0, 0.1) is 0 Å². The molecule has 5 nitrogen and oxygen atoms in total. The van der Waals surface area contributed by atoms with Crippen molar-refractivity contribution in [3.05, 3.63) is 18.7 Å². The second-order valence-corrected chi connectivity index (χ2v) is 1.88. The van der Waals surface area contributed by atoms with Crippen molar-refractivity contribution in [3.63, 3.8) is 0 Å². The summed E-state index contributed by atoms with van der Waals surface area (Å²) in [7, 11) is 0. The topological polar surface area (TPSA) is 64.4 Å². The van der Waals surface area contributed by atoms with E-state index in [9.17, 15) is 4.79 Å². The lowest BCUT2D eigenvalue weighted by molar-refractivity contribution is -0.152. The van der Waals surface area contributed by atoms with E-state index in [0.29, 0.717) is 0 Å². The molecule has 0 spiro atoms. The van der Waals surface area contributed by atoms with Crippen LogP contribution >= 0.6 is 0 Å². The van der Waals surface area contributed by atoms with E-state index in [1.165, 1.54) is 6.33 Å². The highest BCUT2D eigenvalue weighted by Gasteiger charge is 2.00. The van der Waals surface area contributed by atoms with Crippen LogP contribution in [0.4, 0.5) is 0 Å². The molecule has 0 aliphatic heterocycles. The summed E-state index contributed by atoms with van der Waals surface area (Å²) in [6, 6.07) is 0. The molecule has 0 amide bonds. The van der Waals surface area contributed by atoms with Crippen LogP contribution in [-0.4, -0.2) is 27.4 Å². The maximum absolute atomic E-state index is 10.7. The number of imidazole rings is 1. The van der Waals surface area contributed by atoms with Gasteiger partial charge in [0.1, 0.15) is 6.54 Å². The first-order valence-electron chi connectivity index (χ1n) is 3.05. The fourth-order valence-corrected chi connectivity index (χ4v) is 0.647. The molecule has 0 saturated heterocycles. The third-order valence-corrected chi connectivity index (χ3v) is 1.10. The molecule has 11 heavy (non-hydrogen) atoms. The third-order valence-electron chi connectivity index (χ3n) is 1.10. The van der Waals surface area contributed by atoms with Crippen LogP contribution in [0.5, 0.6) is 0 Å². The van der Waals surface area contributed by atoms with Crippen molar-refractivity contribution in [3.8, 4) is 0 Å². The summed E-state index contributed by atoms with van der Waals surface area (Å²) >= 11 is 0. The van der Waals surface area contributed by atoms with Crippen LogP contribution in [0.15, 0.2) is 18.7 Å². The Kier molecular flexibility index (Phi) is 2.62. The van der Waals surface area contributed by atoms with Crippen molar-refractivity contribution < 1.29 is 14.6 Å². The van der Waals surface area contributed by atoms with Gasteiger partial charge in [-0.1, -0.05) is 0 Å². The molecule has 0 saturated carbocycles. The zero-order valence-electron chi connectivity index (χ0n) is 5.80. The van der Waals surface area contributed by atoms with Gasteiger partial charge in [0.15, 0.2) is 6.79 Å². The van der Waals surface area contributed by atoms with Gasteiger partial charge in [-0.3, -0.25) is 4.79 Å². The molecule has 1 heterocycles. The molecular formula is C6H8N2O3. The second kappa shape index (κ2) is 3.72. The maximum atomic E-state index is 10.7. The largest absolute Gasteiger partial charge is 0.437 e. The number of carbonyl (C=O) groups is 1. The smallest absolute Gasteiger partial charge is 0.328 e. The first-order valence-corrected chi connectivity index (χ1v) is 3.05. The number of hydrogen-bond acceptors (Lipinski definition) is 4. The predicted molar refractivity (Wildman–Crippen MR) is 35.4 cm³/mol. The Balaban J connectivity index is 2.37. The van der Waals surface area contributed by atoms with Crippen molar-refractivity contribution in [2.24, 2.45) is 0 Å². The Labute approximate surface area is 63.2 Å². The van der Waals surface area contributed by atoms with Gasteiger partial charge in [-0.2, -0.15) is 0 Å². The average molecular weight is 156 g/mol. The molecule has 0 fully saturated rings. The number of carbonyl (C=O) groups excluding carboxylic acids is 1. The van der Waals surface area contributed by atoms with Gasteiger partial charge in [0, 0.05) is 12.4 Å². The summed E-state index contributed by atoms with van der Waals surface area (Å²) in [5.74, 6) is -0.481. The number of hydrogen-bond donors (Lipinski definition) is 1. The van der Waals surface area contributed by atoms with Crippen molar-refractivity contribution in [1.82, 2.24) is 9.55 Å². The molecule has 0 aliphatic rings. The second-order valence-electron chi connectivity index (χ2n) is 1.88. The van der Waals surface area contributed by atoms with Crippen molar-refractivity contribution >= 4 is 5.97 Å². The summed E-state index contributed by atoms with van der Waals surface area (Å²) in [5.41, 5.74) is 0. The summed E-state index contributed by atoms with van der Waals surface area (Å²) < 4.78 is 5.84. The Bertz CT molecular complexity index is 220. The Morgan fingerprint density at radius 2 is 2.55 bits per heavy atom. The average Bonchev–Trinajstić information content (AvgIpc) is 2.40. The summed E-state index contributed by atoms with van der Waals surface area (Å²) in [5, 5.41) is 8.20. The van der Waals surface area contributed by atoms with E-state index >= 15 is 0 Å². The van der Waals surface area contributed by atoms with E-state index in [-0.39, 0.29) is 6.54 Å². The minimum atomic E-state index is -0.576. The minimum Gasteiger partial charge on any atom is -0.437 e. The van der Waals surface area contributed by atoms with E-state index in [1.54, 1.807) is 17.0 Å². The number of aromatic nitrogens is 2. The minimum absolute atomic E-state index is 0.0839. The first-order chi connectivity index (χ1) is 5.33. The molecule has 1 aromatic heterocycles. The van der Waals surface area contributed by atoms with Crippen LogP contribution in [0.1, 0.15) is 0 Å². The van der Waals surface area contributed by atoms with Crippen LogP contribution in [0.3, 0.4) is 0 Å². The lowest BCUT2D eigenvalue weighted by Crippen LogP contribution is -2.12. The van der Waals surface area contributed by atoms with Crippen LogP contribution in [0.25, 0.3) is 0 Å². The molecule has 1 rings (SSSR count).